The van der Waals surface area contributed by atoms with Gasteiger partial charge < -0.3 is 0 Å². The molecule has 0 fully saturated rings. The quantitative estimate of drug-likeness (QED) is 0.594. The molecule has 0 aliphatic carbocycles. The molecule has 0 unspecified atom stereocenters. The van der Waals surface area contributed by atoms with Crippen molar-refractivity contribution in [1.29, 1.82) is 0 Å². The van der Waals surface area contributed by atoms with Crippen LogP contribution in [-0.4, -0.2) is 4.98 Å². The first kappa shape index (κ1) is 7.91. The molecule has 0 aliphatic rings. The predicted molar refractivity (Wildman–Crippen MR) is 62.7 cm³/mol. The lowest BCUT2D eigenvalue weighted by atomic mass is 10.2. The normalized spacial score (nSPS) is 11.5. The summed E-state index contributed by atoms with van der Waals surface area (Å²) in [7, 11) is 0. The van der Waals surface area contributed by atoms with E-state index in [1.165, 1.54) is 19.9 Å². The molecular formula is C9H4BrNS2. The molecule has 0 aromatic carbocycles. The van der Waals surface area contributed by atoms with E-state index in [1.54, 1.807) is 22.7 Å². The Hall–Kier alpha value is -0.450. The van der Waals surface area contributed by atoms with Crippen molar-refractivity contribution in [3.63, 3.8) is 0 Å². The molecule has 4 heteroatoms. The first-order chi connectivity index (χ1) is 6.36. The van der Waals surface area contributed by atoms with E-state index in [9.17, 15) is 0 Å². The number of halogens is 1. The molecular weight excluding hydrogens is 266 g/mol. The Labute approximate surface area is 91.2 Å². The lowest BCUT2D eigenvalue weighted by Gasteiger charge is -1.92. The molecule has 0 radical (unpaired) electrons. The van der Waals surface area contributed by atoms with E-state index in [0.29, 0.717) is 0 Å². The Bertz CT molecular complexity index is 581. The van der Waals surface area contributed by atoms with Crippen molar-refractivity contribution in [2.45, 2.75) is 0 Å². The van der Waals surface area contributed by atoms with Crippen LogP contribution in [0.15, 0.2) is 26.8 Å². The molecule has 0 spiro atoms. The number of hydrogen-bond donors (Lipinski definition) is 0. The average Bonchev–Trinajstić information content (AvgIpc) is 2.70. The Kier molecular flexibility index (Phi) is 1.68. The van der Waals surface area contributed by atoms with Gasteiger partial charge in [0, 0.05) is 27.7 Å². The van der Waals surface area contributed by atoms with Crippen LogP contribution in [0.5, 0.6) is 0 Å². The van der Waals surface area contributed by atoms with Gasteiger partial charge in [0.05, 0.1) is 3.79 Å². The summed E-state index contributed by atoms with van der Waals surface area (Å²) in [6.07, 6.45) is 1.94. The largest absolute Gasteiger partial charge is 0.245 e. The average molecular weight is 270 g/mol. The second-order valence-electron chi connectivity index (χ2n) is 2.74. The fourth-order valence-electron chi connectivity index (χ4n) is 1.42. The van der Waals surface area contributed by atoms with Gasteiger partial charge in [0.15, 0.2) is 0 Å². The molecule has 0 bridgehead atoms. The van der Waals surface area contributed by atoms with Crippen LogP contribution in [0.4, 0.5) is 0 Å². The zero-order valence-corrected chi connectivity index (χ0v) is 9.67. The monoisotopic (exact) mass is 269 g/mol. The second-order valence-corrected chi connectivity index (χ2v) is 5.83. The van der Waals surface area contributed by atoms with Gasteiger partial charge in [-0.3, -0.25) is 0 Å². The number of rotatable bonds is 0. The maximum absolute atomic E-state index is 4.39. The van der Waals surface area contributed by atoms with Gasteiger partial charge in [-0.1, -0.05) is 0 Å². The van der Waals surface area contributed by atoms with Crippen LogP contribution in [0.1, 0.15) is 0 Å². The van der Waals surface area contributed by atoms with Crippen LogP contribution in [0.25, 0.3) is 21.0 Å². The highest BCUT2D eigenvalue weighted by molar-refractivity contribution is 9.11. The molecule has 0 saturated heterocycles. The molecule has 64 valence electrons. The van der Waals surface area contributed by atoms with E-state index in [4.69, 9.17) is 0 Å². The van der Waals surface area contributed by atoms with Crippen LogP contribution in [0.2, 0.25) is 0 Å². The molecule has 3 aromatic heterocycles. The maximum Gasteiger partial charge on any atom is 0.123 e. The number of nitrogens with zero attached hydrogens (tertiary/aromatic N) is 1. The highest BCUT2D eigenvalue weighted by Gasteiger charge is 2.07. The minimum Gasteiger partial charge on any atom is -0.245 e. The Morgan fingerprint density at radius 1 is 1.31 bits per heavy atom. The van der Waals surface area contributed by atoms with E-state index in [0.717, 1.165) is 4.83 Å². The van der Waals surface area contributed by atoms with Crippen LogP contribution in [0.3, 0.4) is 0 Å². The Morgan fingerprint density at radius 2 is 2.23 bits per heavy atom. The van der Waals surface area contributed by atoms with E-state index in [1.807, 2.05) is 6.20 Å². The van der Waals surface area contributed by atoms with Crippen molar-refractivity contribution >= 4 is 59.6 Å². The molecule has 0 saturated carbocycles. The molecule has 3 rings (SSSR count). The summed E-state index contributed by atoms with van der Waals surface area (Å²) in [5, 5.41) is 8.00. The smallest absolute Gasteiger partial charge is 0.123 e. The summed E-state index contributed by atoms with van der Waals surface area (Å²) in [5.41, 5.74) is 0. The van der Waals surface area contributed by atoms with Crippen LogP contribution >= 0.6 is 38.6 Å². The van der Waals surface area contributed by atoms with Gasteiger partial charge in [-0.05, 0) is 27.4 Å². The standard InChI is InChI=1S/C9H4BrNS2/c10-8-7-5(4-13-8)3-11-9-6(7)1-2-12-9/h1-4H. The van der Waals surface area contributed by atoms with Crippen molar-refractivity contribution in [1.82, 2.24) is 4.98 Å². The van der Waals surface area contributed by atoms with Crippen molar-refractivity contribution in [3.8, 4) is 0 Å². The third-order valence-corrected chi connectivity index (χ3v) is 4.57. The summed E-state index contributed by atoms with van der Waals surface area (Å²) in [5.74, 6) is 0. The van der Waals surface area contributed by atoms with Gasteiger partial charge in [-0.25, -0.2) is 4.98 Å². The SMILES string of the molecule is Brc1scc2cnc3sccc3c12. The second kappa shape index (κ2) is 2.77. The molecule has 0 N–H and O–H groups in total. The number of aromatic nitrogens is 1. The van der Waals surface area contributed by atoms with Crippen LogP contribution < -0.4 is 0 Å². The molecule has 0 aliphatic heterocycles. The highest BCUT2D eigenvalue weighted by Crippen LogP contribution is 2.36. The topological polar surface area (TPSA) is 12.9 Å². The summed E-state index contributed by atoms with van der Waals surface area (Å²) in [6, 6.07) is 2.13. The van der Waals surface area contributed by atoms with Crippen LogP contribution in [0, 0.1) is 0 Å². The van der Waals surface area contributed by atoms with Gasteiger partial charge in [0.25, 0.3) is 0 Å². The van der Waals surface area contributed by atoms with Gasteiger partial charge in [0.2, 0.25) is 0 Å². The zero-order valence-electron chi connectivity index (χ0n) is 6.45. The summed E-state index contributed by atoms with van der Waals surface area (Å²) >= 11 is 6.97. The van der Waals surface area contributed by atoms with Crippen molar-refractivity contribution in [3.05, 3.63) is 26.8 Å². The number of pyridine rings is 1. The lowest BCUT2D eigenvalue weighted by molar-refractivity contribution is 1.49. The van der Waals surface area contributed by atoms with E-state index in [-0.39, 0.29) is 0 Å². The highest BCUT2D eigenvalue weighted by atomic mass is 79.9. The third kappa shape index (κ3) is 1.06. The van der Waals surface area contributed by atoms with Gasteiger partial charge >= 0.3 is 0 Å². The Balaban J connectivity index is 2.70. The summed E-state index contributed by atoms with van der Waals surface area (Å²) < 4.78 is 1.20. The van der Waals surface area contributed by atoms with Gasteiger partial charge in [-0.2, -0.15) is 0 Å². The molecule has 0 amide bonds. The van der Waals surface area contributed by atoms with Crippen LogP contribution in [-0.2, 0) is 0 Å². The Morgan fingerprint density at radius 3 is 3.15 bits per heavy atom. The van der Waals surface area contributed by atoms with E-state index >= 15 is 0 Å². The summed E-state index contributed by atoms with van der Waals surface area (Å²) in [6.45, 7) is 0. The molecule has 13 heavy (non-hydrogen) atoms. The predicted octanol–water partition coefficient (Wildman–Crippen LogP) is 4.27. The fraction of sp³-hybridized carbons (Fsp3) is 0. The minimum absolute atomic E-state index is 1.12. The fourth-order valence-corrected chi connectivity index (χ4v) is 3.64. The maximum atomic E-state index is 4.39. The van der Waals surface area contributed by atoms with Crippen molar-refractivity contribution < 1.29 is 0 Å². The molecule has 0 atom stereocenters. The third-order valence-electron chi connectivity index (χ3n) is 2.01. The lowest BCUT2D eigenvalue weighted by Crippen LogP contribution is -1.71. The van der Waals surface area contributed by atoms with E-state index in [2.05, 4.69) is 37.7 Å². The number of hydrogen-bond acceptors (Lipinski definition) is 3. The zero-order chi connectivity index (χ0) is 8.84. The van der Waals surface area contributed by atoms with Crippen molar-refractivity contribution in [2.75, 3.05) is 0 Å². The molecule has 3 aromatic rings. The number of fused-ring (bicyclic) bond motifs is 3. The first-order valence-electron chi connectivity index (χ1n) is 3.75. The number of thiophene rings is 2. The summed E-state index contributed by atoms with van der Waals surface area (Å²) in [4.78, 5) is 5.50. The molecule has 3 heterocycles. The van der Waals surface area contributed by atoms with Gasteiger partial charge in [-0.15, -0.1) is 22.7 Å². The molecule has 1 nitrogen and oxygen atoms in total. The van der Waals surface area contributed by atoms with Crippen molar-refractivity contribution in [2.24, 2.45) is 0 Å². The first-order valence-corrected chi connectivity index (χ1v) is 6.30. The van der Waals surface area contributed by atoms with Gasteiger partial charge in [0.1, 0.15) is 4.83 Å². The minimum atomic E-state index is 1.12. The van der Waals surface area contributed by atoms with E-state index < -0.39 is 0 Å².